The molecule has 1 unspecified atom stereocenters. The van der Waals surface area contributed by atoms with Gasteiger partial charge < -0.3 is 10.5 Å². The zero-order chi connectivity index (χ0) is 13.5. The van der Waals surface area contributed by atoms with Crippen LogP contribution in [0.15, 0.2) is 23.2 Å². The Morgan fingerprint density at radius 1 is 1.44 bits per heavy atom. The van der Waals surface area contributed by atoms with Crippen molar-refractivity contribution in [1.82, 2.24) is 0 Å². The molecule has 1 aromatic rings. The van der Waals surface area contributed by atoms with Crippen molar-refractivity contribution in [2.45, 2.75) is 46.1 Å². The average molecular weight is 248 g/mol. The first-order chi connectivity index (χ1) is 8.58. The number of aryl methyl sites for hydroxylation is 1. The predicted octanol–water partition coefficient (Wildman–Crippen LogP) is 3.48. The second-order valence-corrected chi connectivity index (χ2v) is 4.64. The van der Waals surface area contributed by atoms with Crippen molar-refractivity contribution in [1.29, 1.82) is 0 Å². The van der Waals surface area contributed by atoms with E-state index in [-0.39, 0.29) is 6.04 Å². The number of hydrogen-bond acceptors (Lipinski definition) is 3. The Kier molecular flexibility index (Phi) is 5.86. The van der Waals surface area contributed by atoms with Crippen molar-refractivity contribution in [2.24, 2.45) is 10.7 Å². The maximum atomic E-state index is 5.83. The van der Waals surface area contributed by atoms with Crippen LogP contribution in [0.1, 0.15) is 39.2 Å². The molecule has 0 aliphatic rings. The topological polar surface area (TPSA) is 47.6 Å². The van der Waals surface area contributed by atoms with Gasteiger partial charge in [-0.15, -0.1) is 0 Å². The van der Waals surface area contributed by atoms with E-state index >= 15 is 0 Å². The van der Waals surface area contributed by atoms with Gasteiger partial charge in [-0.1, -0.05) is 13.3 Å². The molecular weight excluding hydrogens is 224 g/mol. The van der Waals surface area contributed by atoms with E-state index in [0.29, 0.717) is 0 Å². The highest BCUT2D eigenvalue weighted by molar-refractivity contribution is 5.89. The van der Waals surface area contributed by atoms with Crippen LogP contribution in [0.25, 0.3) is 0 Å². The lowest BCUT2D eigenvalue weighted by molar-refractivity contribution is 0.414. The van der Waals surface area contributed by atoms with E-state index in [1.807, 2.05) is 26.0 Å². The molecule has 0 aromatic heterocycles. The van der Waals surface area contributed by atoms with E-state index in [2.05, 4.69) is 18.0 Å². The molecule has 1 rings (SSSR count). The lowest BCUT2D eigenvalue weighted by atomic mass is 10.1. The molecule has 0 amide bonds. The first-order valence-corrected chi connectivity index (χ1v) is 6.56. The minimum absolute atomic E-state index is 0.00822. The van der Waals surface area contributed by atoms with E-state index in [4.69, 9.17) is 10.5 Å². The third-order valence-electron chi connectivity index (χ3n) is 3.04. The number of aliphatic imine (C=N–C) groups is 1. The fourth-order valence-corrected chi connectivity index (χ4v) is 1.66. The van der Waals surface area contributed by atoms with Crippen LogP contribution < -0.4 is 10.5 Å². The smallest absolute Gasteiger partial charge is 0.119 e. The molecule has 0 radical (unpaired) electrons. The maximum Gasteiger partial charge on any atom is 0.119 e. The molecule has 0 bridgehead atoms. The van der Waals surface area contributed by atoms with E-state index < -0.39 is 0 Å². The van der Waals surface area contributed by atoms with Gasteiger partial charge >= 0.3 is 0 Å². The summed E-state index contributed by atoms with van der Waals surface area (Å²) >= 11 is 0. The number of benzene rings is 1. The molecule has 3 heteroatoms. The summed E-state index contributed by atoms with van der Waals surface area (Å²) in [4.78, 5) is 4.62. The number of nitrogens with zero attached hydrogens (tertiary/aromatic N) is 1. The van der Waals surface area contributed by atoms with Crippen LogP contribution in [0, 0.1) is 0 Å². The number of ether oxygens (including phenoxy) is 1. The average Bonchev–Trinajstić information content (AvgIpc) is 2.37. The molecule has 0 aliphatic heterocycles. The molecule has 2 N–H and O–H groups in total. The Bertz CT molecular complexity index is 411. The Balaban J connectivity index is 3.05. The van der Waals surface area contributed by atoms with Crippen molar-refractivity contribution < 1.29 is 4.74 Å². The molecule has 18 heavy (non-hydrogen) atoms. The maximum absolute atomic E-state index is 5.83. The minimum atomic E-state index is -0.00822. The number of nitrogens with two attached hydrogens (primary N) is 1. The van der Waals surface area contributed by atoms with Crippen LogP contribution in [0.4, 0.5) is 5.69 Å². The number of rotatable bonds is 6. The SMILES string of the molecule is CCCCc1cc(OC)ccc1N=C(C)C(C)N. The summed E-state index contributed by atoms with van der Waals surface area (Å²) < 4.78 is 5.27. The van der Waals surface area contributed by atoms with Crippen LogP contribution in [0.2, 0.25) is 0 Å². The predicted molar refractivity (Wildman–Crippen MR) is 78.0 cm³/mol. The van der Waals surface area contributed by atoms with Gasteiger partial charge in [0.1, 0.15) is 5.75 Å². The van der Waals surface area contributed by atoms with Crippen molar-refractivity contribution >= 4 is 11.4 Å². The standard InChI is InChI=1S/C15H24N2O/c1-5-6-7-13-10-14(18-4)8-9-15(13)17-12(3)11(2)16/h8-11H,5-7,16H2,1-4H3. The second kappa shape index (κ2) is 7.17. The van der Waals surface area contributed by atoms with Gasteiger partial charge in [0.2, 0.25) is 0 Å². The van der Waals surface area contributed by atoms with Gasteiger partial charge in [-0.3, -0.25) is 4.99 Å². The highest BCUT2D eigenvalue weighted by Crippen LogP contribution is 2.26. The van der Waals surface area contributed by atoms with Crippen LogP contribution in [0.3, 0.4) is 0 Å². The zero-order valence-electron chi connectivity index (χ0n) is 11.9. The number of unbranched alkanes of at least 4 members (excludes halogenated alkanes) is 1. The number of hydrogen-bond donors (Lipinski definition) is 1. The van der Waals surface area contributed by atoms with Crippen LogP contribution in [-0.4, -0.2) is 18.9 Å². The van der Waals surface area contributed by atoms with Crippen LogP contribution in [-0.2, 0) is 6.42 Å². The van der Waals surface area contributed by atoms with E-state index in [9.17, 15) is 0 Å². The molecule has 0 saturated carbocycles. The lowest BCUT2D eigenvalue weighted by Crippen LogP contribution is -2.23. The summed E-state index contributed by atoms with van der Waals surface area (Å²) in [7, 11) is 1.69. The molecule has 1 aromatic carbocycles. The first kappa shape index (κ1) is 14.7. The molecule has 0 spiro atoms. The third-order valence-corrected chi connectivity index (χ3v) is 3.04. The first-order valence-electron chi connectivity index (χ1n) is 6.56. The lowest BCUT2D eigenvalue weighted by Gasteiger charge is -2.10. The van der Waals surface area contributed by atoms with Crippen LogP contribution in [0.5, 0.6) is 5.75 Å². The van der Waals surface area contributed by atoms with Gasteiger partial charge in [-0.2, -0.15) is 0 Å². The Hall–Kier alpha value is -1.35. The van der Waals surface area contributed by atoms with Crippen molar-refractivity contribution in [2.75, 3.05) is 7.11 Å². The molecular formula is C15H24N2O. The van der Waals surface area contributed by atoms with E-state index in [1.165, 1.54) is 12.0 Å². The minimum Gasteiger partial charge on any atom is -0.497 e. The van der Waals surface area contributed by atoms with E-state index in [1.54, 1.807) is 7.11 Å². The fourth-order valence-electron chi connectivity index (χ4n) is 1.66. The normalized spacial score (nSPS) is 13.5. The summed E-state index contributed by atoms with van der Waals surface area (Å²) in [5.41, 5.74) is 9.04. The van der Waals surface area contributed by atoms with Gasteiger partial charge in [0, 0.05) is 11.8 Å². The number of methoxy groups -OCH3 is 1. The molecule has 0 saturated heterocycles. The van der Waals surface area contributed by atoms with Gasteiger partial charge in [-0.25, -0.2) is 0 Å². The van der Waals surface area contributed by atoms with Gasteiger partial charge in [0.05, 0.1) is 12.8 Å². The quantitative estimate of drug-likeness (QED) is 0.783. The molecule has 0 fully saturated rings. The summed E-state index contributed by atoms with van der Waals surface area (Å²) in [5, 5.41) is 0. The van der Waals surface area contributed by atoms with Crippen LogP contribution >= 0.6 is 0 Å². The summed E-state index contributed by atoms with van der Waals surface area (Å²) in [6, 6.07) is 6.02. The van der Waals surface area contributed by atoms with Crippen molar-refractivity contribution in [3.8, 4) is 5.75 Å². The van der Waals surface area contributed by atoms with Crippen molar-refractivity contribution in [3.63, 3.8) is 0 Å². The van der Waals surface area contributed by atoms with Gasteiger partial charge in [0.15, 0.2) is 0 Å². The zero-order valence-corrected chi connectivity index (χ0v) is 11.9. The second-order valence-electron chi connectivity index (χ2n) is 4.64. The largest absolute Gasteiger partial charge is 0.497 e. The summed E-state index contributed by atoms with van der Waals surface area (Å²) in [5.74, 6) is 0.888. The van der Waals surface area contributed by atoms with Crippen molar-refractivity contribution in [3.05, 3.63) is 23.8 Å². The highest BCUT2D eigenvalue weighted by atomic mass is 16.5. The molecule has 3 nitrogen and oxygen atoms in total. The van der Waals surface area contributed by atoms with E-state index in [0.717, 1.165) is 30.0 Å². The summed E-state index contributed by atoms with van der Waals surface area (Å²) in [6.45, 7) is 6.11. The molecule has 100 valence electrons. The third kappa shape index (κ3) is 4.15. The Morgan fingerprint density at radius 2 is 2.17 bits per heavy atom. The fraction of sp³-hybridized carbons (Fsp3) is 0.533. The van der Waals surface area contributed by atoms with Gasteiger partial charge in [-0.05, 0) is 50.5 Å². The summed E-state index contributed by atoms with van der Waals surface area (Å²) in [6.07, 6.45) is 3.36. The molecule has 1 atom stereocenters. The molecule has 0 heterocycles. The Labute approximate surface area is 110 Å². The Morgan fingerprint density at radius 3 is 2.72 bits per heavy atom. The molecule has 0 aliphatic carbocycles. The highest BCUT2D eigenvalue weighted by Gasteiger charge is 2.05. The monoisotopic (exact) mass is 248 g/mol. The van der Waals surface area contributed by atoms with Gasteiger partial charge in [0.25, 0.3) is 0 Å².